The molecule has 31 heavy (non-hydrogen) atoms. The van der Waals surface area contributed by atoms with Crippen molar-refractivity contribution in [1.82, 2.24) is 4.57 Å². The number of allylic oxidation sites excluding steroid dienone is 5. The third-order valence-corrected chi connectivity index (χ3v) is 5.16. The Balaban J connectivity index is 2.18. The number of hydrogen-bond donors (Lipinski definition) is 0. The third kappa shape index (κ3) is 4.40. The zero-order valence-electron chi connectivity index (χ0n) is 18.3. The standard InChI is InChI=1S/C26H26N2O3/c1-6-9-10-19(7-2)26(30)21-12-14-25-23(16-21)22-15-20(17(4)27-31-18(5)29)11-13-24(22)28(25)8-3/h6-7,9-16H,1,8H2,2-5H3/b10-9-,19-7-,27-17+. The van der Waals surface area contributed by atoms with Gasteiger partial charge in [-0.1, -0.05) is 42.1 Å². The highest BCUT2D eigenvalue weighted by molar-refractivity contribution is 6.16. The van der Waals surface area contributed by atoms with Crippen molar-refractivity contribution in [3.8, 4) is 0 Å². The van der Waals surface area contributed by atoms with E-state index in [1.54, 1.807) is 31.2 Å². The van der Waals surface area contributed by atoms with E-state index >= 15 is 0 Å². The lowest BCUT2D eigenvalue weighted by molar-refractivity contribution is -0.140. The second-order valence-corrected chi connectivity index (χ2v) is 7.14. The summed E-state index contributed by atoms with van der Waals surface area (Å²) in [6.07, 6.45) is 6.97. The van der Waals surface area contributed by atoms with Crippen LogP contribution in [0.2, 0.25) is 0 Å². The van der Waals surface area contributed by atoms with Gasteiger partial charge in [0.05, 0.1) is 5.71 Å². The maximum Gasteiger partial charge on any atom is 0.331 e. The normalized spacial score (nSPS) is 12.6. The number of ketones is 1. The van der Waals surface area contributed by atoms with E-state index < -0.39 is 5.97 Å². The van der Waals surface area contributed by atoms with Crippen LogP contribution >= 0.6 is 0 Å². The molecular weight excluding hydrogens is 388 g/mol. The lowest BCUT2D eigenvalue weighted by Crippen LogP contribution is -2.01. The minimum atomic E-state index is -0.462. The summed E-state index contributed by atoms with van der Waals surface area (Å²) in [5.41, 5.74) is 4.83. The van der Waals surface area contributed by atoms with Crippen LogP contribution in [0.1, 0.15) is 43.6 Å². The van der Waals surface area contributed by atoms with Gasteiger partial charge >= 0.3 is 5.97 Å². The Hall–Kier alpha value is -3.73. The molecular formula is C26H26N2O3. The van der Waals surface area contributed by atoms with Crippen LogP contribution < -0.4 is 0 Å². The number of carbonyl (C=O) groups is 2. The topological polar surface area (TPSA) is 60.7 Å². The Morgan fingerprint density at radius 1 is 1.06 bits per heavy atom. The van der Waals surface area contributed by atoms with Gasteiger partial charge in [-0.25, -0.2) is 4.79 Å². The highest BCUT2D eigenvalue weighted by atomic mass is 16.7. The van der Waals surface area contributed by atoms with Crippen molar-refractivity contribution < 1.29 is 14.4 Å². The van der Waals surface area contributed by atoms with Crippen molar-refractivity contribution in [3.05, 3.63) is 84.0 Å². The number of Topliss-reactive ketones (excluding diaryl/α,β-unsaturated/α-hetero) is 1. The SMILES string of the molecule is C=C/C=C\C(=C\C)C(=O)c1ccc2c(c1)c1cc(/C(C)=N/OC(C)=O)ccc1n2CC. The van der Waals surface area contributed by atoms with E-state index in [0.717, 1.165) is 33.9 Å². The molecule has 0 saturated carbocycles. The van der Waals surface area contributed by atoms with Crippen molar-refractivity contribution in [2.24, 2.45) is 5.16 Å². The highest BCUT2D eigenvalue weighted by Gasteiger charge is 2.15. The summed E-state index contributed by atoms with van der Waals surface area (Å²) in [7, 11) is 0. The zero-order valence-corrected chi connectivity index (χ0v) is 18.3. The molecule has 0 radical (unpaired) electrons. The van der Waals surface area contributed by atoms with Gasteiger partial charge in [0.2, 0.25) is 0 Å². The molecule has 1 heterocycles. The minimum absolute atomic E-state index is 0.0383. The molecule has 0 bridgehead atoms. The van der Waals surface area contributed by atoms with E-state index in [9.17, 15) is 9.59 Å². The zero-order chi connectivity index (χ0) is 22.5. The van der Waals surface area contributed by atoms with E-state index in [1.807, 2.05) is 43.3 Å². The minimum Gasteiger partial charge on any atom is -0.341 e. The summed E-state index contributed by atoms with van der Waals surface area (Å²) in [5, 5.41) is 5.91. The van der Waals surface area contributed by atoms with Crippen LogP contribution in [-0.2, 0) is 16.2 Å². The van der Waals surface area contributed by atoms with Crippen LogP contribution in [0.25, 0.3) is 21.8 Å². The molecule has 158 valence electrons. The number of fused-ring (bicyclic) bond motifs is 3. The van der Waals surface area contributed by atoms with Crippen LogP contribution in [0.4, 0.5) is 0 Å². The molecule has 3 rings (SSSR count). The predicted octanol–water partition coefficient (Wildman–Crippen LogP) is 5.97. The van der Waals surface area contributed by atoms with Gasteiger partial charge in [-0.15, -0.1) is 0 Å². The number of rotatable bonds is 7. The molecule has 1 aromatic heterocycles. The maximum absolute atomic E-state index is 13.0. The van der Waals surface area contributed by atoms with E-state index in [1.165, 1.54) is 6.92 Å². The second kappa shape index (κ2) is 9.39. The monoisotopic (exact) mass is 414 g/mol. The first kappa shape index (κ1) is 22.0. The quantitative estimate of drug-likeness (QED) is 0.119. The van der Waals surface area contributed by atoms with Gasteiger partial charge in [0.15, 0.2) is 5.78 Å². The molecule has 0 saturated heterocycles. The van der Waals surface area contributed by atoms with Gasteiger partial charge in [-0.3, -0.25) is 4.79 Å². The molecule has 0 aliphatic carbocycles. The average molecular weight is 415 g/mol. The predicted molar refractivity (Wildman–Crippen MR) is 127 cm³/mol. The summed E-state index contributed by atoms with van der Waals surface area (Å²) in [6.45, 7) is 11.5. The van der Waals surface area contributed by atoms with Crippen LogP contribution in [-0.4, -0.2) is 22.0 Å². The Morgan fingerprint density at radius 3 is 2.23 bits per heavy atom. The molecule has 0 spiro atoms. The first-order valence-electron chi connectivity index (χ1n) is 10.2. The Bertz CT molecular complexity index is 1270. The number of benzene rings is 2. The molecule has 0 atom stereocenters. The van der Waals surface area contributed by atoms with Gasteiger partial charge in [-0.05, 0) is 56.7 Å². The fourth-order valence-electron chi connectivity index (χ4n) is 3.64. The lowest BCUT2D eigenvalue weighted by Gasteiger charge is -2.05. The number of hydrogen-bond acceptors (Lipinski definition) is 4. The fraction of sp³-hybridized carbons (Fsp3) is 0.192. The summed E-state index contributed by atoms with van der Waals surface area (Å²) in [4.78, 5) is 28.9. The summed E-state index contributed by atoms with van der Waals surface area (Å²) in [6, 6.07) is 11.8. The maximum atomic E-state index is 13.0. The molecule has 0 N–H and O–H groups in total. The molecule has 5 nitrogen and oxygen atoms in total. The summed E-state index contributed by atoms with van der Waals surface area (Å²) in [5.74, 6) is -0.500. The van der Waals surface area contributed by atoms with Gasteiger partial charge in [-0.2, -0.15) is 0 Å². The lowest BCUT2D eigenvalue weighted by atomic mass is 10.00. The van der Waals surface area contributed by atoms with Gasteiger partial charge in [0, 0.05) is 46.4 Å². The van der Waals surface area contributed by atoms with Crippen molar-refractivity contribution in [3.63, 3.8) is 0 Å². The second-order valence-electron chi connectivity index (χ2n) is 7.14. The fourth-order valence-corrected chi connectivity index (χ4v) is 3.64. The van der Waals surface area contributed by atoms with E-state index in [4.69, 9.17) is 4.84 Å². The number of oxime groups is 1. The number of aryl methyl sites for hydroxylation is 1. The van der Waals surface area contributed by atoms with E-state index in [0.29, 0.717) is 16.8 Å². The van der Waals surface area contributed by atoms with Crippen LogP contribution in [0, 0.1) is 0 Å². The molecule has 0 unspecified atom stereocenters. The Labute approximate surface area is 182 Å². The van der Waals surface area contributed by atoms with Crippen molar-refractivity contribution in [2.45, 2.75) is 34.2 Å². The molecule has 5 heteroatoms. The summed E-state index contributed by atoms with van der Waals surface area (Å²) < 4.78 is 2.22. The Kier molecular flexibility index (Phi) is 6.65. The van der Waals surface area contributed by atoms with Gasteiger partial charge < -0.3 is 9.40 Å². The van der Waals surface area contributed by atoms with Crippen molar-refractivity contribution in [2.75, 3.05) is 0 Å². The third-order valence-electron chi connectivity index (χ3n) is 5.16. The van der Waals surface area contributed by atoms with Crippen LogP contribution in [0.5, 0.6) is 0 Å². The van der Waals surface area contributed by atoms with Crippen LogP contribution in [0.3, 0.4) is 0 Å². The Morgan fingerprint density at radius 2 is 1.68 bits per heavy atom. The number of carbonyl (C=O) groups excluding carboxylic acids is 2. The largest absolute Gasteiger partial charge is 0.341 e. The van der Waals surface area contributed by atoms with Gasteiger partial charge in [0.25, 0.3) is 0 Å². The van der Waals surface area contributed by atoms with Crippen molar-refractivity contribution in [1.29, 1.82) is 0 Å². The first-order chi connectivity index (χ1) is 14.9. The molecule has 0 fully saturated rings. The molecule has 0 aliphatic rings. The highest BCUT2D eigenvalue weighted by Crippen LogP contribution is 2.31. The van der Waals surface area contributed by atoms with E-state index in [-0.39, 0.29) is 5.78 Å². The van der Waals surface area contributed by atoms with Crippen LogP contribution in [0.15, 0.2) is 78.0 Å². The number of nitrogens with zero attached hydrogens (tertiary/aromatic N) is 2. The number of aromatic nitrogens is 1. The molecule has 3 aromatic rings. The molecule has 0 amide bonds. The van der Waals surface area contributed by atoms with Gasteiger partial charge in [0.1, 0.15) is 0 Å². The molecule has 0 aliphatic heterocycles. The molecule has 2 aromatic carbocycles. The average Bonchev–Trinajstić information content (AvgIpc) is 3.09. The van der Waals surface area contributed by atoms with Crippen molar-refractivity contribution >= 4 is 39.3 Å². The summed E-state index contributed by atoms with van der Waals surface area (Å²) >= 11 is 0. The van der Waals surface area contributed by atoms with E-state index in [2.05, 4.69) is 23.2 Å². The first-order valence-corrected chi connectivity index (χ1v) is 10.2. The smallest absolute Gasteiger partial charge is 0.331 e.